The first kappa shape index (κ1) is 19.9. The molecular weight excluding hydrogens is 334 g/mol. The van der Waals surface area contributed by atoms with E-state index in [0.29, 0.717) is 6.04 Å². The number of nitrogens with one attached hydrogen (secondary N) is 1. The van der Waals surface area contributed by atoms with Crippen LogP contribution in [0.2, 0.25) is 0 Å². The molecule has 1 heterocycles. The fraction of sp³-hybridized carbons (Fsp3) is 0.500. The Balaban J connectivity index is 1.84. The lowest BCUT2D eigenvalue weighted by Gasteiger charge is -2.38. The maximum atomic E-state index is 5.90. The maximum Gasteiger partial charge on any atom is 0.119 e. The van der Waals surface area contributed by atoms with E-state index >= 15 is 0 Å². The molecule has 3 rings (SSSR count). The number of aryl methyl sites for hydroxylation is 1. The predicted molar refractivity (Wildman–Crippen MR) is 111 cm³/mol. The number of ether oxygens (including phenoxy) is 2. The van der Waals surface area contributed by atoms with E-state index in [-0.39, 0.29) is 17.7 Å². The third-order valence-corrected chi connectivity index (χ3v) is 5.10. The van der Waals surface area contributed by atoms with Crippen molar-refractivity contribution < 1.29 is 9.47 Å². The van der Waals surface area contributed by atoms with Gasteiger partial charge in [-0.2, -0.15) is 0 Å². The lowest BCUT2D eigenvalue weighted by Crippen LogP contribution is -2.45. The van der Waals surface area contributed by atoms with Crippen molar-refractivity contribution in [2.75, 3.05) is 6.61 Å². The smallest absolute Gasteiger partial charge is 0.119 e. The van der Waals surface area contributed by atoms with Crippen LogP contribution < -0.4 is 10.1 Å². The van der Waals surface area contributed by atoms with Crippen molar-refractivity contribution in [3.8, 4) is 5.75 Å². The summed E-state index contributed by atoms with van der Waals surface area (Å²) in [5.74, 6) is 0.920. The highest BCUT2D eigenvalue weighted by Crippen LogP contribution is 2.30. The molecule has 2 atom stereocenters. The molecule has 1 aliphatic heterocycles. The van der Waals surface area contributed by atoms with Crippen molar-refractivity contribution in [3.63, 3.8) is 0 Å². The molecule has 0 radical (unpaired) electrons. The molecule has 0 amide bonds. The second kappa shape index (κ2) is 8.45. The van der Waals surface area contributed by atoms with Gasteiger partial charge in [0.25, 0.3) is 0 Å². The van der Waals surface area contributed by atoms with Crippen LogP contribution in [0.5, 0.6) is 5.75 Å². The zero-order valence-electron chi connectivity index (χ0n) is 17.3. The van der Waals surface area contributed by atoms with E-state index < -0.39 is 0 Å². The first-order valence-electron chi connectivity index (χ1n) is 10.1. The standard InChI is InChI=1S/C24H33NO2/c1-17(2)27-22-12-10-20(11-13-22)23(19-8-6-18(3)7-9-19)25-21-14-15-26-24(4,5)16-21/h6-13,17,21,23,25H,14-16H2,1-5H3. The normalized spacial score (nSPS) is 20.4. The number of hydrogen-bond acceptors (Lipinski definition) is 3. The van der Waals surface area contributed by atoms with E-state index in [1.54, 1.807) is 0 Å². The van der Waals surface area contributed by atoms with Gasteiger partial charge in [-0.15, -0.1) is 0 Å². The van der Waals surface area contributed by atoms with Gasteiger partial charge in [0.05, 0.1) is 17.7 Å². The van der Waals surface area contributed by atoms with Crippen molar-refractivity contribution in [2.45, 2.75) is 71.2 Å². The maximum absolute atomic E-state index is 5.90. The van der Waals surface area contributed by atoms with Crippen molar-refractivity contribution in [1.82, 2.24) is 5.32 Å². The van der Waals surface area contributed by atoms with E-state index in [1.165, 1.54) is 16.7 Å². The van der Waals surface area contributed by atoms with Gasteiger partial charge < -0.3 is 14.8 Å². The lowest BCUT2D eigenvalue weighted by atomic mass is 9.91. The summed E-state index contributed by atoms with van der Waals surface area (Å²) in [5.41, 5.74) is 3.77. The Kier molecular flexibility index (Phi) is 6.23. The molecule has 0 spiro atoms. The molecule has 27 heavy (non-hydrogen) atoms. The van der Waals surface area contributed by atoms with Crippen LogP contribution in [0.15, 0.2) is 48.5 Å². The molecule has 3 heteroatoms. The predicted octanol–water partition coefficient (Wildman–Crippen LogP) is 5.42. The highest BCUT2D eigenvalue weighted by molar-refractivity contribution is 5.36. The summed E-state index contributed by atoms with van der Waals surface area (Å²) in [6.45, 7) is 11.4. The Hall–Kier alpha value is -1.84. The van der Waals surface area contributed by atoms with Crippen LogP contribution >= 0.6 is 0 Å². The molecule has 0 saturated carbocycles. The third-order valence-electron chi connectivity index (χ3n) is 5.10. The second-order valence-electron chi connectivity index (χ2n) is 8.54. The zero-order chi connectivity index (χ0) is 19.4. The average molecular weight is 368 g/mol. The summed E-state index contributed by atoms with van der Waals surface area (Å²) in [7, 11) is 0. The molecule has 2 aromatic carbocycles. The lowest BCUT2D eigenvalue weighted by molar-refractivity contribution is -0.0637. The van der Waals surface area contributed by atoms with Crippen LogP contribution in [0.3, 0.4) is 0 Å². The minimum atomic E-state index is -0.0668. The molecule has 1 saturated heterocycles. The summed E-state index contributed by atoms with van der Waals surface area (Å²) >= 11 is 0. The summed E-state index contributed by atoms with van der Waals surface area (Å²) in [6.07, 6.45) is 2.25. The van der Waals surface area contributed by atoms with Gasteiger partial charge in [0, 0.05) is 12.6 Å². The van der Waals surface area contributed by atoms with E-state index in [9.17, 15) is 0 Å². The summed E-state index contributed by atoms with van der Waals surface area (Å²) in [6, 6.07) is 18.0. The Morgan fingerprint density at radius 1 is 1.00 bits per heavy atom. The molecule has 2 unspecified atom stereocenters. The number of hydrogen-bond donors (Lipinski definition) is 1. The quantitative estimate of drug-likeness (QED) is 0.739. The van der Waals surface area contributed by atoms with E-state index in [1.807, 2.05) is 0 Å². The molecule has 1 aliphatic rings. The van der Waals surface area contributed by atoms with Gasteiger partial charge in [0.1, 0.15) is 5.75 Å². The molecule has 0 aromatic heterocycles. The molecule has 3 nitrogen and oxygen atoms in total. The molecule has 1 N–H and O–H groups in total. The van der Waals surface area contributed by atoms with E-state index in [4.69, 9.17) is 9.47 Å². The Morgan fingerprint density at radius 2 is 1.59 bits per heavy atom. The molecule has 1 fully saturated rings. The average Bonchev–Trinajstić information content (AvgIpc) is 2.60. The SMILES string of the molecule is Cc1ccc(C(NC2CCOC(C)(C)C2)c2ccc(OC(C)C)cc2)cc1. The molecule has 146 valence electrons. The van der Waals surface area contributed by atoms with E-state index in [0.717, 1.165) is 25.2 Å². The van der Waals surface area contributed by atoms with Crippen molar-refractivity contribution in [2.24, 2.45) is 0 Å². The van der Waals surface area contributed by atoms with Crippen molar-refractivity contribution >= 4 is 0 Å². The van der Waals surface area contributed by atoms with Gasteiger partial charge in [0.15, 0.2) is 0 Å². The fourth-order valence-corrected chi connectivity index (χ4v) is 3.76. The first-order valence-corrected chi connectivity index (χ1v) is 10.1. The van der Waals surface area contributed by atoms with Crippen LogP contribution in [-0.4, -0.2) is 24.4 Å². The third kappa shape index (κ3) is 5.57. The van der Waals surface area contributed by atoms with Gasteiger partial charge in [-0.25, -0.2) is 0 Å². The minimum absolute atomic E-state index is 0.0668. The van der Waals surface area contributed by atoms with Crippen molar-refractivity contribution in [1.29, 1.82) is 0 Å². The van der Waals surface area contributed by atoms with Crippen LogP contribution in [-0.2, 0) is 4.74 Å². The van der Waals surface area contributed by atoms with Crippen LogP contribution in [0.1, 0.15) is 63.3 Å². The largest absolute Gasteiger partial charge is 0.491 e. The highest BCUT2D eigenvalue weighted by atomic mass is 16.5. The second-order valence-corrected chi connectivity index (χ2v) is 8.54. The van der Waals surface area contributed by atoms with Crippen LogP contribution in [0.25, 0.3) is 0 Å². The molecule has 0 aliphatic carbocycles. The van der Waals surface area contributed by atoms with Crippen molar-refractivity contribution in [3.05, 3.63) is 65.2 Å². The number of rotatable bonds is 6. The van der Waals surface area contributed by atoms with E-state index in [2.05, 4.69) is 88.5 Å². The monoisotopic (exact) mass is 367 g/mol. The first-order chi connectivity index (χ1) is 12.8. The fourth-order valence-electron chi connectivity index (χ4n) is 3.76. The Morgan fingerprint density at radius 3 is 2.15 bits per heavy atom. The van der Waals surface area contributed by atoms with Gasteiger partial charge >= 0.3 is 0 Å². The van der Waals surface area contributed by atoms with Crippen LogP contribution in [0.4, 0.5) is 0 Å². The van der Waals surface area contributed by atoms with Gasteiger partial charge in [-0.3, -0.25) is 0 Å². The summed E-state index contributed by atoms with van der Waals surface area (Å²) in [4.78, 5) is 0. The minimum Gasteiger partial charge on any atom is -0.491 e. The molecular formula is C24H33NO2. The van der Waals surface area contributed by atoms with Gasteiger partial charge in [-0.1, -0.05) is 42.0 Å². The highest BCUT2D eigenvalue weighted by Gasteiger charge is 2.30. The van der Waals surface area contributed by atoms with Gasteiger partial charge in [0.2, 0.25) is 0 Å². The summed E-state index contributed by atoms with van der Waals surface area (Å²) < 4.78 is 11.7. The van der Waals surface area contributed by atoms with Gasteiger partial charge in [-0.05, 0) is 70.7 Å². The molecule has 0 bridgehead atoms. The van der Waals surface area contributed by atoms with Crippen LogP contribution in [0, 0.1) is 6.92 Å². The Labute approximate surface area is 164 Å². The zero-order valence-corrected chi connectivity index (χ0v) is 17.3. The topological polar surface area (TPSA) is 30.5 Å². The Bertz CT molecular complexity index is 719. The number of benzene rings is 2. The molecule has 2 aromatic rings. The summed E-state index contributed by atoms with van der Waals surface area (Å²) in [5, 5.41) is 3.90.